The van der Waals surface area contributed by atoms with Gasteiger partial charge < -0.3 is 5.32 Å². The maximum absolute atomic E-state index is 5.84. The summed E-state index contributed by atoms with van der Waals surface area (Å²) in [6, 6.07) is 19.0. The van der Waals surface area contributed by atoms with Crippen LogP contribution in [0.2, 0.25) is 0 Å². The summed E-state index contributed by atoms with van der Waals surface area (Å²) in [6.07, 6.45) is 4.40. The normalized spacial score (nSPS) is 23.8. The summed E-state index contributed by atoms with van der Waals surface area (Å²) in [4.78, 5) is 4.92. The van der Waals surface area contributed by atoms with Crippen LogP contribution in [0.5, 0.6) is 0 Å². The van der Waals surface area contributed by atoms with E-state index in [4.69, 9.17) is 17.2 Å². The summed E-state index contributed by atoms with van der Waals surface area (Å²) in [5.41, 5.74) is 3.51. The molecule has 4 nitrogen and oxygen atoms in total. The van der Waals surface area contributed by atoms with E-state index in [0.717, 1.165) is 30.1 Å². The van der Waals surface area contributed by atoms with Crippen molar-refractivity contribution < 1.29 is 0 Å². The van der Waals surface area contributed by atoms with E-state index >= 15 is 0 Å². The monoisotopic (exact) mass is 434 g/mol. The molecule has 1 aliphatic carbocycles. The standard InChI is InChI=1S/C26H34N4S/c1-19-11-13-21(14-12-19)27-23-26(17-15-20(16-18-26)25(2,3)4)30(24(31)28-23)29(5)22-9-7-6-8-10-22/h6-14,20H,15-18H2,1-5H3,(H,27,28,31). The number of rotatable bonds is 3. The Kier molecular flexibility index (Phi) is 5.82. The molecule has 0 atom stereocenters. The van der Waals surface area contributed by atoms with Gasteiger partial charge in [0.05, 0.1) is 5.69 Å². The zero-order chi connectivity index (χ0) is 22.2. The first-order valence-electron chi connectivity index (χ1n) is 11.3. The smallest absolute Gasteiger partial charge is 0.217 e. The van der Waals surface area contributed by atoms with Crippen molar-refractivity contribution in [3.05, 3.63) is 60.2 Å². The summed E-state index contributed by atoms with van der Waals surface area (Å²) in [5, 5.41) is 8.72. The molecule has 0 amide bonds. The number of benzene rings is 2. The van der Waals surface area contributed by atoms with Crippen molar-refractivity contribution in [1.29, 1.82) is 0 Å². The SMILES string of the molecule is Cc1ccc(NC2=NC(=S)N(N(C)c3ccccc3)C23CCC(C(C)(C)C)CC3)cc1. The fraction of sp³-hybridized carbons (Fsp3) is 0.462. The van der Waals surface area contributed by atoms with Gasteiger partial charge in [0.25, 0.3) is 0 Å². The Labute approximate surface area is 192 Å². The fourth-order valence-corrected chi connectivity index (χ4v) is 5.42. The predicted octanol–water partition coefficient (Wildman–Crippen LogP) is 6.43. The van der Waals surface area contributed by atoms with Gasteiger partial charge >= 0.3 is 0 Å². The van der Waals surface area contributed by atoms with Gasteiger partial charge in [0.1, 0.15) is 11.4 Å². The van der Waals surface area contributed by atoms with E-state index < -0.39 is 0 Å². The first-order chi connectivity index (χ1) is 14.7. The van der Waals surface area contributed by atoms with Crippen LogP contribution >= 0.6 is 12.2 Å². The molecular weight excluding hydrogens is 400 g/mol. The van der Waals surface area contributed by atoms with Crippen molar-refractivity contribution in [2.24, 2.45) is 16.3 Å². The molecule has 0 radical (unpaired) electrons. The second-order valence-corrected chi connectivity index (χ2v) is 10.4. The lowest BCUT2D eigenvalue weighted by molar-refractivity contribution is 0.103. The van der Waals surface area contributed by atoms with Crippen LogP contribution in [0.15, 0.2) is 59.6 Å². The number of amidine groups is 1. The number of nitrogens with one attached hydrogen (secondary N) is 1. The van der Waals surface area contributed by atoms with E-state index in [1.54, 1.807) is 0 Å². The molecule has 5 heteroatoms. The number of hydrogen-bond acceptors (Lipinski definition) is 3. The third kappa shape index (κ3) is 4.20. The van der Waals surface area contributed by atoms with Crippen molar-refractivity contribution in [3.8, 4) is 0 Å². The molecule has 0 bridgehead atoms. The number of aliphatic imine (C=N–C) groups is 1. The first kappa shape index (κ1) is 21.8. The summed E-state index contributed by atoms with van der Waals surface area (Å²) in [5.74, 6) is 1.69. The number of aryl methyl sites for hydroxylation is 1. The third-order valence-electron chi connectivity index (χ3n) is 7.02. The Hall–Kier alpha value is -2.40. The zero-order valence-electron chi connectivity index (χ0n) is 19.4. The number of nitrogens with zero attached hydrogens (tertiary/aromatic N) is 3. The minimum atomic E-state index is -0.242. The minimum Gasteiger partial charge on any atom is -0.342 e. The van der Waals surface area contributed by atoms with Gasteiger partial charge in [-0.2, -0.15) is 0 Å². The topological polar surface area (TPSA) is 30.9 Å². The molecule has 2 aromatic carbocycles. The molecule has 1 saturated carbocycles. The molecule has 1 N–H and O–H groups in total. The van der Waals surface area contributed by atoms with Crippen LogP contribution in [0.4, 0.5) is 11.4 Å². The number of anilines is 2. The largest absolute Gasteiger partial charge is 0.342 e. The molecule has 1 aliphatic heterocycles. The van der Waals surface area contributed by atoms with Gasteiger partial charge in [0.15, 0.2) is 0 Å². The van der Waals surface area contributed by atoms with Crippen molar-refractivity contribution in [1.82, 2.24) is 5.01 Å². The summed E-state index contributed by atoms with van der Waals surface area (Å²) in [6.45, 7) is 9.20. The lowest BCUT2D eigenvalue weighted by Gasteiger charge is -2.50. The van der Waals surface area contributed by atoms with Gasteiger partial charge in [0.2, 0.25) is 5.11 Å². The zero-order valence-corrected chi connectivity index (χ0v) is 20.2. The average molecular weight is 435 g/mol. The Morgan fingerprint density at radius 1 is 1.03 bits per heavy atom. The van der Waals surface area contributed by atoms with Crippen LogP contribution in [0, 0.1) is 18.3 Å². The number of hydrogen-bond donors (Lipinski definition) is 1. The Bertz CT molecular complexity index is 951. The molecule has 1 spiro atoms. The highest BCUT2D eigenvalue weighted by molar-refractivity contribution is 7.80. The van der Waals surface area contributed by atoms with E-state index in [-0.39, 0.29) is 5.54 Å². The second-order valence-electron chi connectivity index (χ2n) is 10.1. The summed E-state index contributed by atoms with van der Waals surface area (Å²) in [7, 11) is 2.10. The maximum Gasteiger partial charge on any atom is 0.217 e. The molecule has 4 rings (SSSR count). The molecule has 1 fully saturated rings. The highest BCUT2D eigenvalue weighted by Gasteiger charge is 2.52. The van der Waals surface area contributed by atoms with Crippen molar-refractivity contribution in [2.75, 3.05) is 17.4 Å². The quantitative estimate of drug-likeness (QED) is 0.564. The highest BCUT2D eigenvalue weighted by Crippen LogP contribution is 2.47. The van der Waals surface area contributed by atoms with Crippen molar-refractivity contribution in [3.63, 3.8) is 0 Å². The van der Waals surface area contributed by atoms with Crippen LogP contribution in [-0.2, 0) is 0 Å². The third-order valence-corrected chi connectivity index (χ3v) is 7.28. The molecule has 31 heavy (non-hydrogen) atoms. The van der Waals surface area contributed by atoms with Crippen molar-refractivity contribution >= 4 is 34.5 Å². The van der Waals surface area contributed by atoms with Gasteiger partial charge in [-0.25, -0.2) is 10.0 Å². The van der Waals surface area contributed by atoms with Gasteiger partial charge in [-0.3, -0.25) is 5.01 Å². The lowest BCUT2D eigenvalue weighted by Crippen LogP contribution is -2.61. The fourth-order valence-electron chi connectivity index (χ4n) is 5.03. The van der Waals surface area contributed by atoms with Crippen LogP contribution < -0.4 is 10.3 Å². The van der Waals surface area contributed by atoms with Crippen molar-refractivity contribution in [2.45, 2.75) is 58.9 Å². The Morgan fingerprint density at radius 2 is 1.65 bits per heavy atom. The molecule has 0 unspecified atom stereocenters. The molecule has 1 heterocycles. The highest BCUT2D eigenvalue weighted by atomic mass is 32.1. The number of para-hydroxylation sites is 1. The van der Waals surface area contributed by atoms with Crippen LogP contribution in [0.3, 0.4) is 0 Å². The van der Waals surface area contributed by atoms with E-state index in [9.17, 15) is 0 Å². The Balaban J connectivity index is 1.68. The van der Waals surface area contributed by atoms with E-state index in [1.165, 1.54) is 18.4 Å². The van der Waals surface area contributed by atoms with Crippen LogP contribution in [-0.4, -0.2) is 28.5 Å². The molecular formula is C26H34N4S. The second kappa shape index (κ2) is 8.27. The molecule has 2 aromatic rings. The minimum absolute atomic E-state index is 0.242. The molecule has 164 valence electrons. The van der Waals surface area contributed by atoms with Gasteiger partial charge in [0, 0.05) is 12.7 Å². The summed E-state index contributed by atoms with van der Waals surface area (Å²) < 4.78 is 0. The van der Waals surface area contributed by atoms with Gasteiger partial charge in [-0.15, -0.1) is 0 Å². The number of thiocarbonyl (C=S) groups is 1. The molecule has 0 aromatic heterocycles. The molecule has 2 aliphatic rings. The van der Waals surface area contributed by atoms with Crippen LogP contribution in [0.1, 0.15) is 52.0 Å². The average Bonchev–Trinajstić information content (AvgIpc) is 3.00. The van der Waals surface area contributed by atoms with Gasteiger partial charge in [-0.1, -0.05) is 56.7 Å². The number of hydrazine groups is 1. The maximum atomic E-state index is 5.84. The predicted molar refractivity (Wildman–Crippen MR) is 136 cm³/mol. The lowest BCUT2D eigenvalue weighted by atomic mass is 9.67. The van der Waals surface area contributed by atoms with E-state index in [0.29, 0.717) is 16.4 Å². The first-order valence-corrected chi connectivity index (χ1v) is 11.7. The van der Waals surface area contributed by atoms with Crippen LogP contribution in [0.25, 0.3) is 0 Å². The summed E-state index contributed by atoms with van der Waals surface area (Å²) >= 11 is 5.84. The molecule has 0 saturated heterocycles. The van der Waals surface area contributed by atoms with E-state index in [2.05, 4.69) is 98.6 Å². The Morgan fingerprint density at radius 3 is 2.23 bits per heavy atom. The van der Waals surface area contributed by atoms with E-state index in [1.807, 2.05) is 6.07 Å². The van der Waals surface area contributed by atoms with Gasteiger partial charge in [-0.05, 0) is 80.4 Å².